The zero-order valence-electron chi connectivity index (χ0n) is 12.1. The number of nitrogens with zero attached hydrogens (tertiary/aromatic N) is 4. The topological polar surface area (TPSA) is 75.6 Å². The molecule has 0 aromatic carbocycles. The van der Waals surface area contributed by atoms with E-state index in [9.17, 15) is 0 Å². The molecule has 2 rings (SSSR count). The van der Waals surface area contributed by atoms with Gasteiger partial charge in [-0.05, 0) is 25.5 Å². The van der Waals surface area contributed by atoms with Gasteiger partial charge in [0.15, 0.2) is 0 Å². The van der Waals surface area contributed by atoms with E-state index in [0.29, 0.717) is 6.54 Å². The van der Waals surface area contributed by atoms with E-state index in [1.807, 2.05) is 26.1 Å². The van der Waals surface area contributed by atoms with Gasteiger partial charge in [-0.15, -0.1) is 0 Å². The zero-order valence-corrected chi connectivity index (χ0v) is 12.1. The maximum Gasteiger partial charge on any atom is 0.135 e. The molecule has 20 heavy (non-hydrogen) atoms. The highest BCUT2D eigenvalue weighted by atomic mass is 15.1. The van der Waals surface area contributed by atoms with E-state index in [-0.39, 0.29) is 0 Å². The van der Waals surface area contributed by atoms with Crippen molar-refractivity contribution in [1.82, 2.24) is 20.2 Å². The molecule has 2 aromatic rings. The summed E-state index contributed by atoms with van der Waals surface area (Å²) < 4.78 is 0. The van der Waals surface area contributed by atoms with Crippen LogP contribution in [0.3, 0.4) is 0 Å². The molecule has 0 bridgehead atoms. The molecule has 0 aliphatic rings. The molecule has 0 radical (unpaired) electrons. The molecule has 0 spiro atoms. The molecular formula is C14H20N6. The number of aromatic nitrogens is 4. The van der Waals surface area contributed by atoms with Crippen molar-refractivity contribution in [3.05, 3.63) is 35.4 Å². The van der Waals surface area contributed by atoms with E-state index < -0.39 is 0 Å². The number of nitrogens with one attached hydrogen (secondary N) is 2. The lowest BCUT2D eigenvalue weighted by atomic mass is 10.2. The molecule has 0 fully saturated rings. The molecule has 0 aliphatic heterocycles. The van der Waals surface area contributed by atoms with Crippen molar-refractivity contribution in [2.75, 3.05) is 17.7 Å². The Balaban J connectivity index is 2.19. The van der Waals surface area contributed by atoms with Gasteiger partial charge in [-0.2, -0.15) is 10.2 Å². The van der Waals surface area contributed by atoms with Crippen LogP contribution < -0.4 is 10.6 Å². The summed E-state index contributed by atoms with van der Waals surface area (Å²) in [6.07, 6.45) is 3.56. The fourth-order valence-electron chi connectivity index (χ4n) is 1.92. The van der Waals surface area contributed by atoms with Gasteiger partial charge in [0.2, 0.25) is 0 Å². The van der Waals surface area contributed by atoms with Gasteiger partial charge in [-0.3, -0.25) is 0 Å². The highest BCUT2D eigenvalue weighted by molar-refractivity contribution is 5.57. The van der Waals surface area contributed by atoms with Crippen molar-refractivity contribution < 1.29 is 0 Å². The van der Waals surface area contributed by atoms with Crippen molar-refractivity contribution in [3.63, 3.8) is 0 Å². The number of hydrogen-bond donors (Lipinski definition) is 2. The van der Waals surface area contributed by atoms with Crippen molar-refractivity contribution in [2.24, 2.45) is 0 Å². The highest BCUT2D eigenvalue weighted by Gasteiger charge is 2.09. The second kappa shape index (κ2) is 6.79. The normalized spacial score (nSPS) is 10.3. The van der Waals surface area contributed by atoms with Crippen LogP contribution in [-0.2, 0) is 13.0 Å². The van der Waals surface area contributed by atoms with Crippen LogP contribution in [0.15, 0.2) is 18.3 Å². The molecule has 0 amide bonds. The van der Waals surface area contributed by atoms with E-state index in [1.54, 1.807) is 6.20 Å². The van der Waals surface area contributed by atoms with E-state index in [1.165, 1.54) is 0 Å². The first-order valence-corrected chi connectivity index (χ1v) is 6.80. The summed E-state index contributed by atoms with van der Waals surface area (Å²) in [5, 5.41) is 14.3. The molecule has 2 aromatic heterocycles. The summed E-state index contributed by atoms with van der Waals surface area (Å²) in [6, 6.07) is 3.81. The van der Waals surface area contributed by atoms with Crippen molar-refractivity contribution >= 4 is 11.6 Å². The van der Waals surface area contributed by atoms with Crippen LogP contribution in [0.4, 0.5) is 11.6 Å². The van der Waals surface area contributed by atoms with Crippen LogP contribution >= 0.6 is 0 Å². The predicted molar refractivity (Wildman–Crippen MR) is 79.7 cm³/mol. The minimum absolute atomic E-state index is 0.598. The molecule has 0 saturated heterocycles. The average Bonchev–Trinajstić information content (AvgIpc) is 2.48. The number of rotatable bonds is 6. The Kier molecular flexibility index (Phi) is 4.81. The van der Waals surface area contributed by atoms with E-state index in [0.717, 1.165) is 41.6 Å². The Bertz CT molecular complexity index is 555. The second-order valence-electron chi connectivity index (χ2n) is 4.53. The van der Waals surface area contributed by atoms with Gasteiger partial charge in [0.25, 0.3) is 0 Å². The zero-order chi connectivity index (χ0) is 14.4. The van der Waals surface area contributed by atoms with E-state index >= 15 is 0 Å². The van der Waals surface area contributed by atoms with E-state index in [4.69, 9.17) is 0 Å². The monoisotopic (exact) mass is 272 g/mol. The fourth-order valence-corrected chi connectivity index (χ4v) is 1.92. The largest absolute Gasteiger partial charge is 0.373 e. The van der Waals surface area contributed by atoms with Crippen molar-refractivity contribution in [2.45, 2.75) is 33.2 Å². The van der Waals surface area contributed by atoms with Gasteiger partial charge in [-0.25, -0.2) is 9.97 Å². The van der Waals surface area contributed by atoms with Crippen LogP contribution in [0.2, 0.25) is 0 Å². The van der Waals surface area contributed by atoms with Crippen molar-refractivity contribution in [1.29, 1.82) is 0 Å². The minimum atomic E-state index is 0.598. The molecule has 0 aliphatic carbocycles. The van der Waals surface area contributed by atoms with Crippen LogP contribution in [0.1, 0.15) is 30.4 Å². The SMILES string of the molecule is CCCc1nc(NC)c(C)c(NCc2cccnn2)n1. The standard InChI is InChI=1S/C14H20N6/c1-4-6-12-18-13(15-3)10(2)14(19-12)16-9-11-7-5-8-17-20-11/h5,7-8H,4,6,9H2,1-3H3,(H2,15,16,18,19). The van der Waals surface area contributed by atoms with E-state index in [2.05, 4.69) is 37.7 Å². The number of hydrogen-bond acceptors (Lipinski definition) is 6. The van der Waals surface area contributed by atoms with Gasteiger partial charge < -0.3 is 10.6 Å². The Morgan fingerprint density at radius 3 is 2.65 bits per heavy atom. The molecule has 0 atom stereocenters. The summed E-state index contributed by atoms with van der Waals surface area (Å²) in [4.78, 5) is 9.08. The third-order valence-corrected chi connectivity index (χ3v) is 2.97. The Morgan fingerprint density at radius 1 is 1.20 bits per heavy atom. The molecule has 106 valence electrons. The van der Waals surface area contributed by atoms with Gasteiger partial charge in [0, 0.05) is 25.2 Å². The maximum atomic E-state index is 4.58. The number of anilines is 2. The van der Waals surface area contributed by atoms with Crippen molar-refractivity contribution in [3.8, 4) is 0 Å². The fraction of sp³-hybridized carbons (Fsp3) is 0.429. The third-order valence-electron chi connectivity index (χ3n) is 2.97. The molecular weight excluding hydrogens is 252 g/mol. The highest BCUT2D eigenvalue weighted by Crippen LogP contribution is 2.20. The summed E-state index contributed by atoms with van der Waals surface area (Å²) in [6.45, 7) is 4.72. The minimum Gasteiger partial charge on any atom is -0.373 e. The summed E-state index contributed by atoms with van der Waals surface area (Å²) in [5.74, 6) is 2.56. The average molecular weight is 272 g/mol. The lowest BCUT2D eigenvalue weighted by Gasteiger charge is -2.13. The van der Waals surface area contributed by atoms with Crippen LogP contribution in [0.25, 0.3) is 0 Å². The molecule has 0 saturated carbocycles. The first kappa shape index (κ1) is 14.2. The molecule has 2 N–H and O–H groups in total. The van der Waals surface area contributed by atoms with Gasteiger partial charge in [-0.1, -0.05) is 6.92 Å². The first-order valence-electron chi connectivity index (χ1n) is 6.80. The lowest BCUT2D eigenvalue weighted by Crippen LogP contribution is -2.10. The lowest BCUT2D eigenvalue weighted by molar-refractivity contribution is 0.829. The molecule has 0 unspecified atom stereocenters. The van der Waals surface area contributed by atoms with Crippen LogP contribution in [0, 0.1) is 6.92 Å². The van der Waals surface area contributed by atoms with Crippen LogP contribution in [-0.4, -0.2) is 27.2 Å². The molecule has 2 heterocycles. The number of aryl methyl sites for hydroxylation is 1. The summed E-state index contributed by atoms with van der Waals surface area (Å²) in [7, 11) is 1.87. The van der Waals surface area contributed by atoms with Gasteiger partial charge in [0.05, 0.1) is 12.2 Å². The van der Waals surface area contributed by atoms with Crippen LogP contribution in [0.5, 0.6) is 0 Å². The van der Waals surface area contributed by atoms with Gasteiger partial charge >= 0.3 is 0 Å². The summed E-state index contributed by atoms with van der Waals surface area (Å²) in [5.41, 5.74) is 1.89. The molecule has 6 heteroatoms. The predicted octanol–water partition coefficient (Wildman–Crippen LogP) is 2.18. The molecule has 6 nitrogen and oxygen atoms in total. The third kappa shape index (κ3) is 3.40. The quantitative estimate of drug-likeness (QED) is 0.839. The second-order valence-corrected chi connectivity index (χ2v) is 4.53. The van der Waals surface area contributed by atoms with Gasteiger partial charge in [0.1, 0.15) is 17.5 Å². The smallest absolute Gasteiger partial charge is 0.135 e. The Hall–Kier alpha value is -2.24. The summed E-state index contributed by atoms with van der Waals surface area (Å²) >= 11 is 0. The maximum absolute atomic E-state index is 4.58. The Labute approximate surface area is 119 Å². The first-order chi connectivity index (χ1) is 9.74. The Morgan fingerprint density at radius 2 is 2.00 bits per heavy atom.